The van der Waals surface area contributed by atoms with Gasteiger partial charge in [-0.25, -0.2) is 9.97 Å². The first-order valence-corrected chi connectivity index (χ1v) is 5.49. The van der Waals surface area contributed by atoms with E-state index in [1.807, 2.05) is 26.8 Å². The molecule has 0 bridgehead atoms. The van der Waals surface area contributed by atoms with Crippen molar-refractivity contribution in [2.45, 2.75) is 45.5 Å². The van der Waals surface area contributed by atoms with Crippen molar-refractivity contribution >= 4 is 17.4 Å². The number of hydrogen-bond donors (Lipinski definition) is 1. The second-order valence-corrected chi connectivity index (χ2v) is 5.06. The van der Waals surface area contributed by atoms with Gasteiger partial charge in [0.05, 0.1) is 5.38 Å². The summed E-state index contributed by atoms with van der Waals surface area (Å²) >= 11 is 6.09. The highest BCUT2D eigenvalue weighted by molar-refractivity contribution is 6.21. The van der Waals surface area contributed by atoms with Gasteiger partial charge >= 0.3 is 0 Å². The molecule has 1 aromatic heterocycles. The number of nitrogens with zero attached hydrogens (tertiary/aromatic N) is 2. The molecule has 1 heterocycles. The fourth-order valence-corrected chi connectivity index (χ4v) is 1.27. The smallest absolute Gasteiger partial charge is 0.130 e. The van der Waals surface area contributed by atoms with Crippen LogP contribution < -0.4 is 5.32 Å². The predicted molar refractivity (Wildman–Crippen MR) is 64.5 cm³/mol. The number of anilines is 1. The summed E-state index contributed by atoms with van der Waals surface area (Å²) in [4.78, 5) is 8.55. The van der Waals surface area contributed by atoms with Gasteiger partial charge in [0.25, 0.3) is 0 Å². The first-order chi connectivity index (χ1) is 6.81. The molecule has 3 nitrogen and oxygen atoms in total. The Morgan fingerprint density at radius 1 is 1.33 bits per heavy atom. The van der Waals surface area contributed by atoms with Gasteiger partial charge in [-0.15, -0.1) is 11.6 Å². The predicted octanol–water partition coefficient (Wildman–Crippen LogP) is 2.91. The van der Waals surface area contributed by atoms with E-state index in [1.54, 1.807) is 0 Å². The highest BCUT2D eigenvalue weighted by atomic mass is 35.5. The monoisotopic (exact) mass is 227 g/mol. The Morgan fingerprint density at radius 3 is 2.40 bits per heavy atom. The Bertz CT molecular complexity index is 327. The van der Waals surface area contributed by atoms with Gasteiger partial charge in [0, 0.05) is 17.3 Å². The molecule has 0 radical (unpaired) electrons. The van der Waals surface area contributed by atoms with Gasteiger partial charge in [0.1, 0.15) is 11.6 Å². The lowest BCUT2D eigenvalue weighted by atomic mass is 10.0. The Balaban J connectivity index is 2.89. The zero-order valence-electron chi connectivity index (χ0n) is 9.93. The SMILES string of the molecule is Cc1cc(NC(C)(C)C(C)Cl)nc(C)n1. The van der Waals surface area contributed by atoms with Gasteiger partial charge in [0.2, 0.25) is 0 Å². The van der Waals surface area contributed by atoms with E-state index < -0.39 is 0 Å². The molecule has 4 heteroatoms. The van der Waals surface area contributed by atoms with Crippen LogP contribution in [0.3, 0.4) is 0 Å². The second-order valence-electron chi connectivity index (χ2n) is 4.40. The minimum absolute atomic E-state index is 0.0214. The van der Waals surface area contributed by atoms with Crippen molar-refractivity contribution in [3.8, 4) is 0 Å². The number of halogens is 1. The van der Waals surface area contributed by atoms with Crippen LogP contribution in [0.1, 0.15) is 32.3 Å². The highest BCUT2D eigenvalue weighted by Crippen LogP contribution is 2.20. The van der Waals surface area contributed by atoms with Gasteiger partial charge < -0.3 is 5.32 Å². The maximum absolute atomic E-state index is 6.09. The second kappa shape index (κ2) is 4.35. The van der Waals surface area contributed by atoms with Crippen LogP contribution in [0.15, 0.2) is 6.07 Å². The lowest BCUT2D eigenvalue weighted by Gasteiger charge is -2.29. The van der Waals surface area contributed by atoms with Crippen LogP contribution in [0.4, 0.5) is 5.82 Å². The number of nitrogens with one attached hydrogen (secondary N) is 1. The number of aryl methyl sites for hydroxylation is 2. The molecule has 0 saturated carbocycles. The molecule has 0 aromatic carbocycles. The molecule has 84 valence electrons. The van der Waals surface area contributed by atoms with E-state index in [-0.39, 0.29) is 10.9 Å². The number of rotatable bonds is 3. The first kappa shape index (κ1) is 12.2. The summed E-state index contributed by atoms with van der Waals surface area (Å²) in [7, 11) is 0. The average molecular weight is 228 g/mol. The Kier molecular flexibility index (Phi) is 3.55. The van der Waals surface area contributed by atoms with Crippen molar-refractivity contribution in [2.24, 2.45) is 0 Å². The maximum atomic E-state index is 6.09. The molecule has 1 unspecified atom stereocenters. The van der Waals surface area contributed by atoms with Gasteiger partial charge in [0.15, 0.2) is 0 Å². The number of aromatic nitrogens is 2. The van der Waals surface area contributed by atoms with Crippen LogP contribution in [-0.4, -0.2) is 20.9 Å². The number of alkyl halides is 1. The van der Waals surface area contributed by atoms with Crippen LogP contribution >= 0.6 is 11.6 Å². The molecule has 0 saturated heterocycles. The van der Waals surface area contributed by atoms with Crippen molar-refractivity contribution in [1.29, 1.82) is 0 Å². The summed E-state index contributed by atoms with van der Waals surface area (Å²) in [5.74, 6) is 1.60. The molecule has 0 fully saturated rings. The summed E-state index contributed by atoms with van der Waals surface area (Å²) in [6.07, 6.45) is 0. The molecule has 1 rings (SSSR count). The molecule has 1 N–H and O–H groups in total. The molecule has 1 aromatic rings. The molecule has 15 heavy (non-hydrogen) atoms. The third-order valence-electron chi connectivity index (χ3n) is 2.41. The summed E-state index contributed by atoms with van der Waals surface area (Å²) in [6.45, 7) is 9.91. The largest absolute Gasteiger partial charge is 0.364 e. The van der Waals surface area contributed by atoms with Crippen molar-refractivity contribution < 1.29 is 0 Å². The average Bonchev–Trinajstić information content (AvgIpc) is 1.99. The van der Waals surface area contributed by atoms with Gasteiger partial charge in [-0.05, 0) is 34.6 Å². The molecule has 0 aliphatic heterocycles. The molecule has 0 aliphatic carbocycles. The Hall–Kier alpha value is -0.830. The quantitative estimate of drug-likeness (QED) is 0.807. The van der Waals surface area contributed by atoms with Crippen LogP contribution in [0, 0.1) is 13.8 Å². The van der Waals surface area contributed by atoms with Crippen LogP contribution in [0.2, 0.25) is 0 Å². The van der Waals surface area contributed by atoms with E-state index in [0.717, 1.165) is 17.3 Å². The summed E-state index contributed by atoms with van der Waals surface area (Å²) in [5, 5.41) is 3.34. The van der Waals surface area contributed by atoms with E-state index in [9.17, 15) is 0 Å². The molecule has 0 spiro atoms. The third kappa shape index (κ3) is 3.34. The zero-order chi connectivity index (χ0) is 11.6. The van der Waals surface area contributed by atoms with Crippen LogP contribution in [0.25, 0.3) is 0 Å². The maximum Gasteiger partial charge on any atom is 0.130 e. The summed E-state index contributed by atoms with van der Waals surface area (Å²) < 4.78 is 0. The molecular weight excluding hydrogens is 210 g/mol. The van der Waals surface area contributed by atoms with E-state index in [2.05, 4.69) is 29.1 Å². The van der Waals surface area contributed by atoms with Crippen LogP contribution in [0.5, 0.6) is 0 Å². The topological polar surface area (TPSA) is 37.8 Å². The fraction of sp³-hybridized carbons (Fsp3) is 0.636. The lowest BCUT2D eigenvalue weighted by molar-refractivity contribution is 0.552. The summed E-state index contributed by atoms with van der Waals surface area (Å²) in [6, 6.07) is 1.92. The lowest BCUT2D eigenvalue weighted by Crippen LogP contribution is -2.39. The van der Waals surface area contributed by atoms with E-state index in [0.29, 0.717) is 0 Å². The summed E-state index contributed by atoms with van der Waals surface area (Å²) in [5.41, 5.74) is 0.775. The minimum Gasteiger partial charge on any atom is -0.364 e. The van der Waals surface area contributed by atoms with Crippen molar-refractivity contribution in [1.82, 2.24) is 9.97 Å². The standard InChI is InChI=1S/C11H18ClN3/c1-7-6-10(14-9(3)13-7)15-11(4,5)8(2)12/h6,8H,1-5H3,(H,13,14,15). The van der Waals surface area contributed by atoms with E-state index in [1.165, 1.54) is 0 Å². The molecule has 1 atom stereocenters. The third-order valence-corrected chi connectivity index (χ3v) is 2.96. The highest BCUT2D eigenvalue weighted by Gasteiger charge is 2.24. The first-order valence-electron chi connectivity index (χ1n) is 5.06. The molecule has 0 amide bonds. The van der Waals surface area contributed by atoms with Crippen LogP contribution in [-0.2, 0) is 0 Å². The zero-order valence-corrected chi connectivity index (χ0v) is 10.7. The van der Waals surface area contributed by atoms with Gasteiger partial charge in [-0.3, -0.25) is 0 Å². The Labute approximate surface area is 96.3 Å². The fourth-order valence-electron chi connectivity index (χ4n) is 1.21. The van der Waals surface area contributed by atoms with E-state index >= 15 is 0 Å². The normalized spacial score (nSPS) is 13.7. The van der Waals surface area contributed by atoms with Crippen molar-refractivity contribution in [3.05, 3.63) is 17.6 Å². The van der Waals surface area contributed by atoms with Gasteiger partial charge in [-0.2, -0.15) is 0 Å². The molecular formula is C11H18ClN3. The Morgan fingerprint density at radius 2 is 1.93 bits per heavy atom. The van der Waals surface area contributed by atoms with Gasteiger partial charge in [-0.1, -0.05) is 0 Å². The van der Waals surface area contributed by atoms with Crippen molar-refractivity contribution in [2.75, 3.05) is 5.32 Å². The minimum atomic E-state index is -0.186. The molecule has 0 aliphatic rings. The van der Waals surface area contributed by atoms with Crippen molar-refractivity contribution in [3.63, 3.8) is 0 Å². The number of hydrogen-bond acceptors (Lipinski definition) is 3. The van der Waals surface area contributed by atoms with E-state index in [4.69, 9.17) is 11.6 Å².